The first-order chi connectivity index (χ1) is 15.8. The predicted molar refractivity (Wildman–Crippen MR) is 134 cm³/mol. The van der Waals surface area contributed by atoms with Crippen LogP contribution in [0.15, 0.2) is 30.3 Å². The number of benzene rings is 1. The lowest BCUT2D eigenvalue weighted by Crippen LogP contribution is -2.51. The van der Waals surface area contributed by atoms with Gasteiger partial charge in [-0.25, -0.2) is 0 Å². The lowest BCUT2D eigenvalue weighted by molar-refractivity contribution is -0.130. The minimum atomic E-state index is -0.749. The van der Waals surface area contributed by atoms with E-state index in [1.807, 2.05) is 37.2 Å². The number of likely N-dealkylation sites (N-methyl/N-ethyl adjacent to an activating group) is 1. The van der Waals surface area contributed by atoms with E-state index in [1.165, 1.54) is 0 Å². The molecule has 8 nitrogen and oxygen atoms in total. The highest BCUT2D eigenvalue weighted by atomic mass is 32.2. The Morgan fingerprint density at radius 2 is 1.52 bits per heavy atom. The Bertz CT molecular complexity index is 767. The SMILES string of the molecule is C[B]C(CC)(CC)SCC(=O)NCC(=O)NCC(=O)NC(Cc1ccccc1)C(=O)NCC. The molecule has 0 fully saturated rings. The normalized spacial score (nSPS) is 11.8. The summed E-state index contributed by atoms with van der Waals surface area (Å²) in [7, 11) is 2.11. The van der Waals surface area contributed by atoms with E-state index in [-0.39, 0.29) is 35.3 Å². The van der Waals surface area contributed by atoms with E-state index in [1.54, 1.807) is 18.7 Å². The van der Waals surface area contributed by atoms with Gasteiger partial charge in [0.1, 0.15) is 13.3 Å². The molecule has 0 aliphatic rings. The van der Waals surface area contributed by atoms with Crippen LogP contribution in [0.25, 0.3) is 0 Å². The first kappa shape index (κ1) is 28.5. The fourth-order valence-corrected chi connectivity index (χ4v) is 4.32. The lowest BCUT2D eigenvalue weighted by atomic mass is 9.63. The molecule has 0 bridgehead atoms. The number of thioether (sulfide) groups is 1. The van der Waals surface area contributed by atoms with E-state index in [9.17, 15) is 19.2 Å². The second kappa shape index (κ2) is 15.4. The molecule has 4 amide bonds. The molecule has 1 aromatic carbocycles. The predicted octanol–water partition coefficient (Wildman–Crippen LogP) is 1.08. The van der Waals surface area contributed by atoms with Crippen LogP contribution in [0.4, 0.5) is 0 Å². The summed E-state index contributed by atoms with van der Waals surface area (Å²) in [6.45, 7) is 7.92. The van der Waals surface area contributed by atoms with E-state index < -0.39 is 17.9 Å². The molecule has 0 saturated carbocycles. The minimum absolute atomic E-state index is 0.0436. The Morgan fingerprint density at radius 1 is 0.909 bits per heavy atom. The molecule has 10 heteroatoms. The summed E-state index contributed by atoms with van der Waals surface area (Å²) in [6.07, 6.45) is 2.19. The van der Waals surface area contributed by atoms with Crippen molar-refractivity contribution in [3.63, 3.8) is 0 Å². The third-order valence-electron chi connectivity index (χ3n) is 5.39. The number of nitrogens with one attached hydrogen (secondary N) is 4. The van der Waals surface area contributed by atoms with Crippen LogP contribution < -0.4 is 21.3 Å². The molecule has 181 valence electrons. The van der Waals surface area contributed by atoms with Gasteiger partial charge < -0.3 is 21.3 Å². The molecule has 0 saturated heterocycles. The molecule has 0 aliphatic heterocycles. The molecule has 33 heavy (non-hydrogen) atoms. The molecule has 1 atom stereocenters. The van der Waals surface area contributed by atoms with E-state index in [0.29, 0.717) is 13.0 Å². The monoisotopic (exact) mass is 475 g/mol. The number of hydrogen-bond donors (Lipinski definition) is 4. The van der Waals surface area contributed by atoms with Gasteiger partial charge in [0, 0.05) is 13.0 Å². The third kappa shape index (κ3) is 10.8. The highest BCUT2D eigenvalue weighted by molar-refractivity contribution is 8.02. The zero-order valence-corrected chi connectivity index (χ0v) is 20.8. The fourth-order valence-electron chi connectivity index (χ4n) is 3.23. The van der Waals surface area contributed by atoms with Gasteiger partial charge in [0.15, 0.2) is 0 Å². The number of amides is 4. The summed E-state index contributed by atoms with van der Waals surface area (Å²) in [6, 6.07) is 8.62. The topological polar surface area (TPSA) is 116 Å². The largest absolute Gasteiger partial charge is 0.355 e. The fraction of sp³-hybridized carbons (Fsp3) is 0.565. The Morgan fingerprint density at radius 3 is 2.09 bits per heavy atom. The molecule has 0 aromatic heterocycles. The zero-order valence-electron chi connectivity index (χ0n) is 20.0. The second-order valence-electron chi connectivity index (χ2n) is 7.61. The summed E-state index contributed by atoms with van der Waals surface area (Å²) in [5.41, 5.74) is 0.912. The highest BCUT2D eigenvalue weighted by Crippen LogP contribution is 2.31. The first-order valence-corrected chi connectivity index (χ1v) is 12.4. The van der Waals surface area contributed by atoms with Gasteiger partial charge >= 0.3 is 0 Å². The Balaban J connectivity index is 2.45. The van der Waals surface area contributed by atoms with Gasteiger partial charge in [-0.2, -0.15) is 11.8 Å². The van der Waals surface area contributed by atoms with E-state index in [4.69, 9.17) is 0 Å². The van der Waals surface area contributed by atoms with E-state index >= 15 is 0 Å². The van der Waals surface area contributed by atoms with Crippen LogP contribution in [0.2, 0.25) is 6.82 Å². The van der Waals surface area contributed by atoms with E-state index in [2.05, 4.69) is 42.4 Å². The van der Waals surface area contributed by atoms with Gasteiger partial charge in [-0.3, -0.25) is 19.2 Å². The van der Waals surface area contributed by atoms with Crippen LogP contribution in [0.1, 0.15) is 39.2 Å². The van der Waals surface area contributed by atoms with Crippen molar-refractivity contribution in [2.24, 2.45) is 0 Å². The van der Waals surface area contributed by atoms with Crippen LogP contribution in [0.5, 0.6) is 0 Å². The van der Waals surface area contributed by atoms with Crippen molar-refractivity contribution >= 4 is 42.7 Å². The molecule has 0 heterocycles. The summed E-state index contributed by atoms with van der Waals surface area (Å²) in [4.78, 5) is 48.8. The number of hydrogen-bond acceptors (Lipinski definition) is 5. The number of rotatable bonds is 15. The van der Waals surface area contributed by atoms with Crippen LogP contribution in [0, 0.1) is 0 Å². The summed E-state index contributed by atoms with van der Waals surface area (Å²) in [5, 5.41) is 10.4. The Hall–Kier alpha value is -2.49. The van der Waals surface area contributed by atoms with Gasteiger partial charge in [-0.1, -0.05) is 51.0 Å². The lowest BCUT2D eigenvalue weighted by Gasteiger charge is -2.29. The molecule has 0 aliphatic carbocycles. The van der Waals surface area contributed by atoms with Gasteiger partial charge in [-0.05, 0) is 30.0 Å². The van der Waals surface area contributed by atoms with Crippen LogP contribution in [-0.2, 0) is 25.6 Å². The van der Waals surface area contributed by atoms with Gasteiger partial charge in [0.05, 0.1) is 18.8 Å². The van der Waals surface area contributed by atoms with E-state index in [0.717, 1.165) is 18.4 Å². The van der Waals surface area contributed by atoms with Crippen molar-refractivity contribution in [1.29, 1.82) is 0 Å². The first-order valence-electron chi connectivity index (χ1n) is 11.4. The number of carbonyl (C=O) groups excluding carboxylic acids is 4. The van der Waals surface area contributed by atoms with Crippen molar-refractivity contribution < 1.29 is 19.2 Å². The average Bonchev–Trinajstić information content (AvgIpc) is 2.83. The summed E-state index contributed by atoms with van der Waals surface area (Å²) >= 11 is 1.56. The molecule has 1 radical (unpaired) electrons. The van der Waals surface area contributed by atoms with Crippen LogP contribution in [-0.4, -0.2) is 67.0 Å². The Labute approximate surface area is 202 Å². The van der Waals surface area contributed by atoms with Gasteiger partial charge in [-0.15, -0.1) is 0 Å². The van der Waals surface area contributed by atoms with Crippen LogP contribution >= 0.6 is 11.8 Å². The quantitative estimate of drug-likeness (QED) is 0.284. The summed E-state index contributed by atoms with van der Waals surface area (Å²) in [5.74, 6) is -1.21. The Kier molecular flexibility index (Phi) is 13.3. The van der Waals surface area contributed by atoms with Crippen LogP contribution in [0.3, 0.4) is 0 Å². The maximum atomic E-state index is 12.3. The number of carbonyl (C=O) groups is 4. The molecular formula is C23H36BN4O4S. The molecular weight excluding hydrogens is 439 g/mol. The molecule has 1 rings (SSSR count). The molecule has 1 unspecified atom stereocenters. The standard InChI is InChI=1S/C23H36BN4O4S/c1-5-23(6-2,24-4)33-16-21(31)27-14-19(29)26-15-20(30)28-18(22(32)25-7-3)13-17-11-9-8-10-12-17/h8-12,18H,5-7,13-16H2,1-4H3,(H,25,32)(H,26,29)(H,27,31)(H,28,30). The van der Waals surface area contributed by atoms with Crippen molar-refractivity contribution in [3.8, 4) is 0 Å². The van der Waals surface area contributed by atoms with Crippen molar-refractivity contribution in [1.82, 2.24) is 21.3 Å². The van der Waals surface area contributed by atoms with Crippen molar-refractivity contribution in [3.05, 3.63) is 35.9 Å². The minimum Gasteiger partial charge on any atom is -0.355 e. The summed E-state index contributed by atoms with van der Waals surface area (Å²) < 4.78 is -0.0436. The highest BCUT2D eigenvalue weighted by Gasteiger charge is 2.26. The second-order valence-corrected chi connectivity index (χ2v) is 9.00. The van der Waals surface area contributed by atoms with Crippen molar-refractivity contribution in [2.75, 3.05) is 25.4 Å². The molecule has 0 spiro atoms. The maximum absolute atomic E-state index is 12.3. The van der Waals surface area contributed by atoms with Gasteiger partial charge in [0.2, 0.25) is 23.6 Å². The van der Waals surface area contributed by atoms with Crippen molar-refractivity contribution in [2.45, 2.75) is 57.5 Å². The maximum Gasteiger partial charge on any atom is 0.242 e. The zero-order chi connectivity index (χ0) is 24.7. The smallest absolute Gasteiger partial charge is 0.242 e. The average molecular weight is 475 g/mol. The third-order valence-corrected chi connectivity index (χ3v) is 7.19. The molecule has 4 N–H and O–H groups in total. The van der Waals surface area contributed by atoms with Gasteiger partial charge in [0.25, 0.3) is 0 Å². The molecule has 1 aromatic rings.